The van der Waals surface area contributed by atoms with Gasteiger partial charge in [0, 0.05) is 10.7 Å². The van der Waals surface area contributed by atoms with Crippen molar-refractivity contribution in [3.05, 3.63) is 57.6 Å². The van der Waals surface area contributed by atoms with Crippen LogP contribution >= 0.6 is 23.2 Å². The zero-order chi connectivity index (χ0) is 19.3. The lowest BCUT2D eigenvalue weighted by atomic mass is 10.1. The Morgan fingerprint density at radius 2 is 1.77 bits per heavy atom. The van der Waals surface area contributed by atoms with Crippen LogP contribution in [0.15, 0.2) is 36.4 Å². The Hall–Kier alpha value is -2.24. The second-order valence-corrected chi connectivity index (χ2v) is 6.71. The zero-order valence-corrected chi connectivity index (χ0v) is 16.2. The van der Waals surface area contributed by atoms with E-state index in [0.29, 0.717) is 15.8 Å². The lowest BCUT2D eigenvalue weighted by molar-refractivity contribution is -0.129. The summed E-state index contributed by atoms with van der Waals surface area (Å²) in [5.74, 6) is -0.390. The molecular weight excluding hydrogens is 375 g/mol. The van der Waals surface area contributed by atoms with Gasteiger partial charge in [0.2, 0.25) is 5.91 Å². The third-order valence-corrected chi connectivity index (χ3v) is 4.27. The van der Waals surface area contributed by atoms with Crippen LogP contribution in [0.2, 0.25) is 10.0 Å². The predicted molar refractivity (Wildman–Crippen MR) is 104 cm³/mol. The van der Waals surface area contributed by atoms with E-state index in [0.717, 1.165) is 16.8 Å². The molecule has 0 saturated carbocycles. The largest absolute Gasteiger partial charge is 0.479 e. The van der Waals surface area contributed by atoms with Gasteiger partial charge in [0.15, 0.2) is 6.10 Å². The summed E-state index contributed by atoms with van der Waals surface area (Å²) >= 11 is 11.8. The number of anilines is 1. The first-order valence-corrected chi connectivity index (χ1v) is 8.79. The molecule has 2 aromatic carbocycles. The minimum absolute atomic E-state index is 0.158. The van der Waals surface area contributed by atoms with Gasteiger partial charge in [0.25, 0.3) is 5.91 Å². The first kappa shape index (κ1) is 20.1. The van der Waals surface area contributed by atoms with Crippen molar-refractivity contribution >= 4 is 40.7 Å². The van der Waals surface area contributed by atoms with Crippen molar-refractivity contribution in [1.29, 1.82) is 0 Å². The van der Waals surface area contributed by atoms with Gasteiger partial charge in [-0.25, -0.2) is 0 Å². The third-order valence-electron chi connectivity index (χ3n) is 3.74. The predicted octanol–water partition coefficient (Wildman–Crippen LogP) is 4.13. The van der Waals surface area contributed by atoms with Crippen LogP contribution in [0.5, 0.6) is 5.75 Å². The monoisotopic (exact) mass is 394 g/mol. The Bertz CT molecular complexity index is 804. The van der Waals surface area contributed by atoms with Crippen LogP contribution in [0.25, 0.3) is 0 Å². The van der Waals surface area contributed by atoms with Crippen LogP contribution in [-0.2, 0) is 9.59 Å². The molecule has 2 amide bonds. The Labute approximate surface area is 162 Å². The van der Waals surface area contributed by atoms with Crippen molar-refractivity contribution in [3.8, 4) is 5.75 Å². The summed E-state index contributed by atoms with van der Waals surface area (Å²) in [6.07, 6.45) is -0.818. The molecule has 0 spiro atoms. The number of halogens is 2. The normalized spacial score (nSPS) is 11.6. The van der Waals surface area contributed by atoms with Crippen LogP contribution < -0.4 is 15.4 Å². The van der Waals surface area contributed by atoms with Crippen LogP contribution in [0.3, 0.4) is 0 Å². The van der Waals surface area contributed by atoms with E-state index in [2.05, 4.69) is 10.6 Å². The molecule has 26 heavy (non-hydrogen) atoms. The van der Waals surface area contributed by atoms with E-state index in [9.17, 15) is 9.59 Å². The number of hydrogen-bond donors (Lipinski definition) is 2. The smallest absolute Gasteiger partial charge is 0.261 e. The second kappa shape index (κ2) is 8.92. The van der Waals surface area contributed by atoms with Crippen molar-refractivity contribution in [3.63, 3.8) is 0 Å². The Morgan fingerprint density at radius 3 is 2.38 bits per heavy atom. The number of ether oxygens (including phenoxy) is 1. The molecule has 0 heterocycles. The summed E-state index contributed by atoms with van der Waals surface area (Å²) in [7, 11) is 0. The van der Waals surface area contributed by atoms with Crippen molar-refractivity contribution in [1.82, 2.24) is 5.32 Å². The highest BCUT2D eigenvalue weighted by atomic mass is 35.5. The Balaban J connectivity index is 1.88. The van der Waals surface area contributed by atoms with E-state index in [4.69, 9.17) is 27.9 Å². The molecule has 0 fully saturated rings. The molecule has 0 unspecified atom stereocenters. The lowest BCUT2D eigenvalue weighted by Crippen LogP contribution is -2.40. The Kier molecular flexibility index (Phi) is 6.89. The molecule has 2 N–H and O–H groups in total. The Morgan fingerprint density at radius 1 is 1.12 bits per heavy atom. The van der Waals surface area contributed by atoms with Gasteiger partial charge >= 0.3 is 0 Å². The lowest BCUT2D eigenvalue weighted by Gasteiger charge is -2.16. The zero-order valence-electron chi connectivity index (χ0n) is 14.7. The van der Waals surface area contributed by atoms with Crippen LogP contribution in [-0.4, -0.2) is 24.5 Å². The maximum absolute atomic E-state index is 12.1. The third kappa shape index (κ3) is 5.38. The quantitative estimate of drug-likeness (QED) is 0.773. The van der Waals surface area contributed by atoms with Crippen molar-refractivity contribution in [2.24, 2.45) is 0 Å². The number of benzene rings is 2. The molecule has 0 aromatic heterocycles. The van der Waals surface area contributed by atoms with Gasteiger partial charge in [0.05, 0.1) is 11.6 Å². The first-order chi connectivity index (χ1) is 12.3. The molecule has 0 bridgehead atoms. The number of carbonyl (C=O) groups excluding carboxylic acids is 2. The van der Waals surface area contributed by atoms with Gasteiger partial charge in [-0.1, -0.05) is 41.4 Å². The number of rotatable bonds is 6. The molecule has 0 aliphatic rings. The van der Waals surface area contributed by atoms with Gasteiger partial charge in [-0.05, 0) is 50.1 Å². The van der Waals surface area contributed by atoms with Crippen LogP contribution in [0, 0.1) is 13.8 Å². The molecule has 0 saturated heterocycles. The molecule has 2 aromatic rings. The average molecular weight is 395 g/mol. The van der Waals surface area contributed by atoms with E-state index in [-0.39, 0.29) is 12.5 Å². The molecule has 5 nitrogen and oxygen atoms in total. The minimum atomic E-state index is -0.818. The van der Waals surface area contributed by atoms with E-state index in [1.54, 1.807) is 19.1 Å². The summed E-state index contributed by atoms with van der Waals surface area (Å²) in [5, 5.41) is 6.14. The van der Waals surface area contributed by atoms with E-state index < -0.39 is 12.0 Å². The van der Waals surface area contributed by atoms with Gasteiger partial charge in [-0.15, -0.1) is 0 Å². The standard InChI is InChI=1S/C19H20Cl2N2O3/c1-11-5-4-6-12(2)18(11)23-17(24)10-22-19(25)13(3)26-16-8-7-14(20)9-15(16)21/h4-9,13H,10H2,1-3H3,(H,22,25)(H,23,24)/t13-/m1/s1. The fourth-order valence-electron chi connectivity index (χ4n) is 2.32. The maximum atomic E-state index is 12.1. The van der Waals surface area contributed by atoms with Gasteiger partial charge in [-0.3, -0.25) is 9.59 Å². The highest BCUT2D eigenvalue weighted by molar-refractivity contribution is 6.35. The molecule has 138 valence electrons. The number of aryl methyl sites for hydroxylation is 2. The number of amides is 2. The molecular formula is C19H20Cl2N2O3. The summed E-state index contributed by atoms with van der Waals surface area (Å²) in [6, 6.07) is 10.5. The summed E-state index contributed by atoms with van der Waals surface area (Å²) in [4.78, 5) is 24.2. The van der Waals surface area contributed by atoms with E-state index in [1.165, 1.54) is 6.07 Å². The van der Waals surface area contributed by atoms with Crippen molar-refractivity contribution in [2.45, 2.75) is 26.9 Å². The molecule has 7 heteroatoms. The second-order valence-electron chi connectivity index (χ2n) is 5.87. The molecule has 0 aliphatic heterocycles. The van der Waals surface area contributed by atoms with E-state index in [1.807, 2.05) is 32.0 Å². The highest BCUT2D eigenvalue weighted by Gasteiger charge is 2.17. The van der Waals surface area contributed by atoms with Gasteiger partial charge in [0.1, 0.15) is 5.75 Å². The summed E-state index contributed by atoms with van der Waals surface area (Å²) < 4.78 is 5.52. The topological polar surface area (TPSA) is 67.4 Å². The number of hydrogen-bond acceptors (Lipinski definition) is 3. The summed E-state index contributed by atoms with van der Waals surface area (Å²) in [6.45, 7) is 5.23. The van der Waals surface area contributed by atoms with Crippen LogP contribution in [0.4, 0.5) is 5.69 Å². The van der Waals surface area contributed by atoms with Gasteiger partial charge < -0.3 is 15.4 Å². The van der Waals surface area contributed by atoms with Gasteiger partial charge in [-0.2, -0.15) is 0 Å². The molecule has 0 aliphatic carbocycles. The SMILES string of the molecule is Cc1cccc(C)c1NC(=O)CNC(=O)[C@@H](C)Oc1ccc(Cl)cc1Cl. The molecule has 1 atom stereocenters. The molecule has 0 radical (unpaired) electrons. The summed E-state index contributed by atoms with van der Waals surface area (Å²) in [5.41, 5.74) is 2.67. The fraction of sp³-hybridized carbons (Fsp3) is 0.263. The average Bonchev–Trinajstić information content (AvgIpc) is 2.58. The van der Waals surface area contributed by atoms with E-state index >= 15 is 0 Å². The molecule has 2 rings (SSSR count). The van der Waals surface area contributed by atoms with Crippen molar-refractivity contribution < 1.29 is 14.3 Å². The fourth-order valence-corrected chi connectivity index (χ4v) is 2.77. The van der Waals surface area contributed by atoms with Crippen molar-refractivity contribution in [2.75, 3.05) is 11.9 Å². The highest BCUT2D eigenvalue weighted by Crippen LogP contribution is 2.28. The number of para-hydroxylation sites is 1. The maximum Gasteiger partial charge on any atom is 0.261 e. The number of carbonyl (C=O) groups is 2. The number of nitrogens with one attached hydrogen (secondary N) is 2. The van der Waals surface area contributed by atoms with Crippen LogP contribution in [0.1, 0.15) is 18.1 Å². The first-order valence-electron chi connectivity index (χ1n) is 8.03. The minimum Gasteiger partial charge on any atom is -0.479 e.